The maximum absolute atomic E-state index is 15.0. The number of carbonyl (C=O) groups excluding carboxylic acids is 2. The van der Waals surface area contributed by atoms with Crippen LogP contribution >= 0.6 is 0 Å². The van der Waals surface area contributed by atoms with Crippen molar-refractivity contribution in [1.29, 1.82) is 0 Å². The Kier molecular flexibility index (Phi) is 9.26. The van der Waals surface area contributed by atoms with Crippen LogP contribution in [0.25, 0.3) is 0 Å². The van der Waals surface area contributed by atoms with Crippen molar-refractivity contribution in [1.82, 2.24) is 0 Å². The summed E-state index contributed by atoms with van der Waals surface area (Å²) in [6.07, 6.45) is 0. The van der Waals surface area contributed by atoms with E-state index in [1.807, 2.05) is 0 Å². The predicted octanol–water partition coefficient (Wildman–Crippen LogP) is 9.07. The molecule has 0 unspecified atom stereocenters. The molecule has 0 saturated heterocycles. The Morgan fingerprint density at radius 3 is 0.643 bits per heavy atom. The van der Waals surface area contributed by atoms with Crippen LogP contribution in [0.5, 0.6) is 0 Å². The topological polar surface area (TPSA) is 255 Å². The van der Waals surface area contributed by atoms with Crippen LogP contribution in [0.1, 0.15) is 31.8 Å². The van der Waals surface area contributed by atoms with Crippen LogP contribution in [0.2, 0.25) is 0 Å². The maximum atomic E-state index is 15.0. The van der Waals surface area contributed by atoms with Crippen LogP contribution in [0.15, 0.2) is 121 Å². The van der Waals surface area contributed by atoms with Gasteiger partial charge in [-0.2, -0.15) is 0 Å². The Labute approximate surface area is 314 Å². The third kappa shape index (κ3) is 6.98. The standard InChI is InChI=1S/C38H24N8O10/c47-37-33-29(39-21-1-9-25(10-2-21)43(49)50)17-18-30(40-22-3-11-26(12-4-22)44(51)52)34(33)38(48)36-32(42-24-7-15-28(16-8-24)46(55)56)20-19-31(35(36)37)41-23-5-13-27(14-6-23)45(53)54/h1-20,39-42H. The number of carbonyl (C=O) groups is 2. The molecule has 18 nitrogen and oxygen atoms in total. The highest BCUT2D eigenvalue weighted by Crippen LogP contribution is 2.44. The lowest BCUT2D eigenvalue weighted by atomic mass is 9.80. The van der Waals surface area contributed by atoms with Crippen LogP contribution in [0, 0.1) is 40.5 Å². The molecule has 0 amide bonds. The molecule has 0 heterocycles. The summed E-state index contributed by atoms with van der Waals surface area (Å²) in [6.45, 7) is 0. The van der Waals surface area contributed by atoms with Gasteiger partial charge in [-0.15, -0.1) is 0 Å². The lowest BCUT2D eigenvalue weighted by Crippen LogP contribution is -2.25. The molecule has 0 spiro atoms. The predicted molar refractivity (Wildman–Crippen MR) is 205 cm³/mol. The van der Waals surface area contributed by atoms with E-state index < -0.39 is 31.3 Å². The molecule has 1 aliphatic carbocycles. The van der Waals surface area contributed by atoms with Crippen LogP contribution < -0.4 is 21.3 Å². The highest BCUT2D eigenvalue weighted by molar-refractivity contribution is 6.35. The van der Waals surface area contributed by atoms with Gasteiger partial charge in [0.1, 0.15) is 0 Å². The average Bonchev–Trinajstić information content (AvgIpc) is 3.18. The minimum atomic E-state index is -0.636. The van der Waals surface area contributed by atoms with Gasteiger partial charge in [0.05, 0.1) is 64.7 Å². The van der Waals surface area contributed by atoms with E-state index in [1.165, 1.54) is 121 Å². The first-order valence-corrected chi connectivity index (χ1v) is 16.4. The number of hydrogen-bond acceptors (Lipinski definition) is 14. The average molecular weight is 753 g/mol. The summed E-state index contributed by atoms with van der Waals surface area (Å²) in [7, 11) is 0. The van der Waals surface area contributed by atoms with Crippen molar-refractivity contribution < 1.29 is 29.3 Å². The van der Waals surface area contributed by atoms with Gasteiger partial charge in [-0.05, 0) is 72.8 Å². The Balaban J connectivity index is 1.39. The summed E-state index contributed by atoms with van der Waals surface area (Å²) in [5.41, 5.74) is 1.12. The first-order valence-electron chi connectivity index (χ1n) is 16.4. The SMILES string of the molecule is O=C1c2c(Nc3ccc([N+](=O)[O-])cc3)ccc(Nc3ccc([N+](=O)[O-])cc3)c2C(=O)c2c(Nc3ccc([N+](=O)[O-])cc3)ccc(Nc3ccc([N+](=O)[O-])cc3)c21. The molecule has 0 fully saturated rings. The fourth-order valence-electron chi connectivity index (χ4n) is 6.10. The molecule has 18 heteroatoms. The first kappa shape index (κ1) is 35.8. The lowest BCUT2D eigenvalue weighted by molar-refractivity contribution is -0.385. The molecule has 6 aromatic rings. The third-order valence-electron chi connectivity index (χ3n) is 8.75. The van der Waals surface area contributed by atoms with E-state index in [1.54, 1.807) is 0 Å². The summed E-state index contributed by atoms with van der Waals surface area (Å²) in [4.78, 5) is 72.9. The van der Waals surface area contributed by atoms with Crippen molar-refractivity contribution in [3.63, 3.8) is 0 Å². The number of ketones is 2. The van der Waals surface area contributed by atoms with E-state index in [9.17, 15) is 50.0 Å². The molecule has 56 heavy (non-hydrogen) atoms. The molecule has 0 aliphatic heterocycles. The summed E-state index contributed by atoms with van der Waals surface area (Å²) < 4.78 is 0. The molecular weight excluding hydrogens is 728 g/mol. The number of nitrogens with zero attached hydrogens (tertiary/aromatic N) is 4. The van der Waals surface area contributed by atoms with Crippen molar-refractivity contribution in [3.8, 4) is 0 Å². The van der Waals surface area contributed by atoms with E-state index in [-0.39, 0.29) is 67.8 Å². The van der Waals surface area contributed by atoms with E-state index in [0.29, 0.717) is 22.7 Å². The molecule has 6 aromatic carbocycles. The highest BCUT2D eigenvalue weighted by Gasteiger charge is 2.38. The van der Waals surface area contributed by atoms with Crippen molar-refractivity contribution in [3.05, 3.63) is 184 Å². The van der Waals surface area contributed by atoms with Gasteiger partial charge < -0.3 is 21.3 Å². The van der Waals surface area contributed by atoms with E-state index >= 15 is 0 Å². The molecule has 0 radical (unpaired) electrons. The van der Waals surface area contributed by atoms with E-state index in [4.69, 9.17) is 0 Å². The van der Waals surface area contributed by atoms with Crippen LogP contribution in [-0.4, -0.2) is 31.3 Å². The van der Waals surface area contributed by atoms with Gasteiger partial charge in [-0.1, -0.05) is 0 Å². The summed E-state index contributed by atoms with van der Waals surface area (Å²) >= 11 is 0. The van der Waals surface area contributed by atoms with Crippen molar-refractivity contribution >= 4 is 79.8 Å². The second-order valence-electron chi connectivity index (χ2n) is 12.2. The largest absolute Gasteiger partial charge is 0.355 e. The summed E-state index contributed by atoms with van der Waals surface area (Å²) in [5.74, 6) is -1.27. The Morgan fingerprint density at radius 1 is 0.304 bits per heavy atom. The molecule has 1 aliphatic rings. The highest BCUT2D eigenvalue weighted by atomic mass is 16.6. The van der Waals surface area contributed by atoms with Crippen molar-refractivity contribution in [2.45, 2.75) is 0 Å². The van der Waals surface area contributed by atoms with Gasteiger partial charge in [-0.3, -0.25) is 50.0 Å². The number of benzene rings is 6. The van der Waals surface area contributed by atoms with Gasteiger partial charge in [0.25, 0.3) is 22.7 Å². The smallest absolute Gasteiger partial charge is 0.269 e. The number of anilines is 8. The Bertz CT molecular complexity index is 2250. The zero-order valence-electron chi connectivity index (χ0n) is 28.4. The second-order valence-corrected chi connectivity index (χ2v) is 12.2. The van der Waals surface area contributed by atoms with Crippen LogP contribution in [0.4, 0.5) is 68.2 Å². The maximum Gasteiger partial charge on any atom is 0.269 e. The summed E-state index contributed by atoms with van der Waals surface area (Å²) in [6, 6.07) is 27.8. The third-order valence-corrected chi connectivity index (χ3v) is 8.75. The molecule has 276 valence electrons. The molecule has 4 N–H and O–H groups in total. The monoisotopic (exact) mass is 752 g/mol. The quantitative estimate of drug-likeness (QED) is 0.0671. The fraction of sp³-hybridized carbons (Fsp3) is 0. The zero-order chi connectivity index (χ0) is 39.7. The fourth-order valence-corrected chi connectivity index (χ4v) is 6.10. The number of hydrogen-bond donors (Lipinski definition) is 4. The number of non-ortho nitro benzene ring substituents is 4. The molecule has 0 atom stereocenters. The minimum Gasteiger partial charge on any atom is -0.355 e. The van der Waals surface area contributed by atoms with Crippen LogP contribution in [0.3, 0.4) is 0 Å². The minimum absolute atomic E-state index is 0.0769. The summed E-state index contributed by atoms with van der Waals surface area (Å²) in [5, 5.41) is 57.5. The van der Waals surface area contributed by atoms with Gasteiger partial charge >= 0.3 is 0 Å². The number of rotatable bonds is 12. The van der Waals surface area contributed by atoms with Gasteiger partial charge in [-0.25, -0.2) is 0 Å². The first-order chi connectivity index (χ1) is 26.9. The number of nitrogens with one attached hydrogen (secondary N) is 4. The van der Waals surface area contributed by atoms with Crippen molar-refractivity contribution in [2.24, 2.45) is 0 Å². The van der Waals surface area contributed by atoms with Gasteiger partial charge in [0.2, 0.25) is 0 Å². The van der Waals surface area contributed by atoms with E-state index in [0.717, 1.165) is 0 Å². The molecule has 0 aromatic heterocycles. The Morgan fingerprint density at radius 2 is 0.482 bits per heavy atom. The van der Waals surface area contributed by atoms with Gasteiger partial charge in [0.15, 0.2) is 11.6 Å². The number of nitro benzene ring substituents is 4. The van der Waals surface area contributed by atoms with Crippen molar-refractivity contribution in [2.75, 3.05) is 21.3 Å². The normalized spacial score (nSPS) is 11.5. The number of nitro groups is 4. The van der Waals surface area contributed by atoms with Crippen LogP contribution in [-0.2, 0) is 0 Å². The zero-order valence-corrected chi connectivity index (χ0v) is 28.4. The molecule has 0 saturated carbocycles. The molecular formula is C38H24N8O10. The molecule has 0 bridgehead atoms. The molecule has 7 rings (SSSR count). The Hall–Kier alpha value is -8.54. The van der Waals surface area contributed by atoms with Gasteiger partial charge in [0, 0.05) is 71.3 Å². The lowest BCUT2D eigenvalue weighted by Gasteiger charge is -2.27. The second kappa shape index (κ2) is 14.5. The number of fused-ring (bicyclic) bond motifs is 2. The van der Waals surface area contributed by atoms with E-state index in [2.05, 4.69) is 21.3 Å².